The SMILES string of the molecule is CC[C@@H](C)c1ccc(S(=O)(=O)N2CC[NH+](CC(=O)NCC(C)C)CC2)cc1. The maximum Gasteiger partial charge on any atom is 0.275 e. The Bertz CT molecular complexity index is 708. The number of benzene rings is 1. The Balaban J connectivity index is 1.91. The van der Waals surface area contributed by atoms with Crippen molar-refractivity contribution in [2.75, 3.05) is 39.3 Å². The van der Waals surface area contributed by atoms with Gasteiger partial charge in [-0.25, -0.2) is 8.42 Å². The van der Waals surface area contributed by atoms with Gasteiger partial charge >= 0.3 is 0 Å². The summed E-state index contributed by atoms with van der Waals surface area (Å²) in [7, 11) is -3.47. The molecule has 0 radical (unpaired) electrons. The third-order valence-electron chi connectivity index (χ3n) is 5.25. The van der Waals surface area contributed by atoms with Crippen LogP contribution in [0.15, 0.2) is 29.2 Å². The highest BCUT2D eigenvalue weighted by Gasteiger charge is 2.31. The molecule has 0 spiro atoms. The number of sulfonamides is 1. The average molecular weight is 397 g/mol. The van der Waals surface area contributed by atoms with Crippen LogP contribution in [0.25, 0.3) is 0 Å². The van der Waals surface area contributed by atoms with E-state index in [4.69, 9.17) is 0 Å². The van der Waals surface area contributed by atoms with Crippen molar-refractivity contribution in [3.63, 3.8) is 0 Å². The van der Waals surface area contributed by atoms with Gasteiger partial charge in [-0.3, -0.25) is 4.79 Å². The maximum absolute atomic E-state index is 12.9. The maximum atomic E-state index is 12.9. The molecule has 0 aliphatic carbocycles. The molecule has 0 unspecified atom stereocenters. The van der Waals surface area contributed by atoms with Crippen molar-refractivity contribution in [1.82, 2.24) is 9.62 Å². The zero-order valence-corrected chi connectivity index (χ0v) is 17.8. The van der Waals surface area contributed by atoms with Crippen LogP contribution in [0.2, 0.25) is 0 Å². The molecule has 0 aromatic heterocycles. The second-order valence-electron chi connectivity index (χ2n) is 7.91. The van der Waals surface area contributed by atoms with Gasteiger partial charge in [-0.1, -0.05) is 39.8 Å². The van der Waals surface area contributed by atoms with Crippen molar-refractivity contribution < 1.29 is 18.1 Å². The molecule has 1 aliphatic rings. The van der Waals surface area contributed by atoms with Crippen LogP contribution in [-0.2, 0) is 14.8 Å². The highest BCUT2D eigenvalue weighted by Crippen LogP contribution is 2.22. The lowest BCUT2D eigenvalue weighted by atomic mass is 9.99. The van der Waals surface area contributed by atoms with Crippen LogP contribution in [0.4, 0.5) is 0 Å². The largest absolute Gasteiger partial charge is 0.351 e. The Kier molecular flexibility index (Phi) is 7.82. The van der Waals surface area contributed by atoms with Crippen molar-refractivity contribution in [3.05, 3.63) is 29.8 Å². The third-order valence-corrected chi connectivity index (χ3v) is 7.16. The fraction of sp³-hybridized carbons (Fsp3) is 0.650. The number of nitrogens with one attached hydrogen (secondary N) is 2. The average Bonchev–Trinajstić information content (AvgIpc) is 2.66. The summed E-state index contributed by atoms with van der Waals surface area (Å²) in [6, 6.07) is 7.27. The first-order valence-corrected chi connectivity index (χ1v) is 11.4. The fourth-order valence-corrected chi connectivity index (χ4v) is 4.62. The Morgan fingerprint density at radius 3 is 2.26 bits per heavy atom. The summed E-state index contributed by atoms with van der Waals surface area (Å²) in [6.45, 7) is 11.7. The molecule has 2 N–H and O–H groups in total. The number of hydrogen-bond acceptors (Lipinski definition) is 3. The van der Waals surface area contributed by atoms with Gasteiger partial charge in [0.2, 0.25) is 10.0 Å². The van der Waals surface area contributed by atoms with Crippen LogP contribution in [0.5, 0.6) is 0 Å². The van der Waals surface area contributed by atoms with E-state index in [-0.39, 0.29) is 5.91 Å². The molecule has 6 nitrogen and oxygen atoms in total. The van der Waals surface area contributed by atoms with E-state index >= 15 is 0 Å². The molecule has 1 amide bonds. The van der Waals surface area contributed by atoms with Crippen molar-refractivity contribution in [3.8, 4) is 0 Å². The van der Waals surface area contributed by atoms with Crippen LogP contribution in [0.1, 0.15) is 45.6 Å². The number of carbonyl (C=O) groups is 1. The fourth-order valence-electron chi connectivity index (χ4n) is 3.18. The Morgan fingerprint density at radius 2 is 1.74 bits per heavy atom. The highest BCUT2D eigenvalue weighted by molar-refractivity contribution is 7.89. The Hall–Kier alpha value is -1.44. The normalized spacial score (nSPS) is 17.8. The van der Waals surface area contributed by atoms with Gasteiger partial charge in [-0.05, 0) is 36.0 Å². The van der Waals surface area contributed by atoms with Gasteiger partial charge in [0.05, 0.1) is 31.1 Å². The van der Waals surface area contributed by atoms with Gasteiger partial charge in [-0.15, -0.1) is 0 Å². The molecule has 2 rings (SSSR count). The quantitative estimate of drug-likeness (QED) is 0.685. The molecule has 1 fully saturated rings. The molecule has 0 saturated carbocycles. The number of quaternary nitrogens is 1. The molecule has 1 atom stereocenters. The first kappa shape index (κ1) is 21.9. The van der Waals surface area contributed by atoms with E-state index in [1.807, 2.05) is 12.1 Å². The lowest BCUT2D eigenvalue weighted by Gasteiger charge is -2.31. The van der Waals surface area contributed by atoms with E-state index in [1.165, 1.54) is 0 Å². The standard InChI is InChI=1S/C20H33N3O3S/c1-5-17(4)18-6-8-19(9-7-18)27(25,26)23-12-10-22(11-13-23)15-20(24)21-14-16(2)3/h6-9,16-17H,5,10-15H2,1-4H3,(H,21,24)/p+1/t17-/m1/s1. The Morgan fingerprint density at radius 1 is 1.15 bits per heavy atom. The molecule has 1 aromatic rings. The minimum Gasteiger partial charge on any atom is -0.351 e. The molecule has 7 heteroatoms. The predicted octanol–water partition coefficient (Wildman–Crippen LogP) is 0.862. The summed E-state index contributed by atoms with van der Waals surface area (Å²) in [5.41, 5.74) is 1.16. The number of hydrogen-bond donors (Lipinski definition) is 2. The molecule has 1 saturated heterocycles. The number of rotatable bonds is 8. The second kappa shape index (κ2) is 9.66. The van der Waals surface area contributed by atoms with Crippen LogP contribution < -0.4 is 10.2 Å². The van der Waals surface area contributed by atoms with E-state index in [2.05, 4.69) is 33.0 Å². The van der Waals surface area contributed by atoms with Gasteiger partial charge in [0.25, 0.3) is 5.91 Å². The first-order valence-electron chi connectivity index (χ1n) is 9.94. The molecular weight excluding hydrogens is 362 g/mol. The van der Waals surface area contributed by atoms with Crippen molar-refractivity contribution >= 4 is 15.9 Å². The van der Waals surface area contributed by atoms with E-state index < -0.39 is 10.0 Å². The summed E-state index contributed by atoms with van der Waals surface area (Å²) >= 11 is 0. The van der Waals surface area contributed by atoms with Gasteiger partial charge < -0.3 is 10.2 Å². The van der Waals surface area contributed by atoms with Crippen LogP contribution in [0.3, 0.4) is 0 Å². The van der Waals surface area contributed by atoms with E-state index in [0.717, 1.165) is 16.9 Å². The molecule has 1 aromatic carbocycles. The van der Waals surface area contributed by atoms with E-state index in [9.17, 15) is 13.2 Å². The molecule has 0 bridgehead atoms. The zero-order valence-electron chi connectivity index (χ0n) is 17.0. The van der Waals surface area contributed by atoms with Gasteiger partial charge in [0, 0.05) is 6.54 Å². The summed E-state index contributed by atoms with van der Waals surface area (Å²) < 4.78 is 27.3. The lowest BCUT2D eigenvalue weighted by Crippen LogP contribution is -3.15. The summed E-state index contributed by atoms with van der Waals surface area (Å²) in [4.78, 5) is 13.5. The predicted molar refractivity (Wildman–Crippen MR) is 107 cm³/mol. The second-order valence-corrected chi connectivity index (χ2v) is 9.85. The molecule has 27 heavy (non-hydrogen) atoms. The van der Waals surface area contributed by atoms with E-state index in [0.29, 0.717) is 56.0 Å². The highest BCUT2D eigenvalue weighted by atomic mass is 32.2. The van der Waals surface area contributed by atoms with Gasteiger partial charge in [0.1, 0.15) is 0 Å². The lowest BCUT2D eigenvalue weighted by molar-refractivity contribution is -0.895. The molecular formula is C20H34N3O3S+. The van der Waals surface area contributed by atoms with Gasteiger partial charge in [0.15, 0.2) is 6.54 Å². The topological polar surface area (TPSA) is 70.9 Å². The van der Waals surface area contributed by atoms with Crippen molar-refractivity contribution in [1.29, 1.82) is 0 Å². The van der Waals surface area contributed by atoms with Gasteiger partial charge in [-0.2, -0.15) is 4.31 Å². The zero-order chi connectivity index (χ0) is 20.0. The third kappa shape index (κ3) is 6.02. The Labute approximate surface area is 164 Å². The summed E-state index contributed by atoms with van der Waals surface area (Å²) in [5, 5.41) is 2.92. The van der Waals surface area contributed by atoms with Crippen molar-refractivity contribution in [2.45, 2.75) is 44.9 Å². The van der Waals surface area contributed by atoms with Crippen LogP contribution >= 0.6 is 0 Å². The number of nitrogens with zero attached hydrogens (tertiary/aromatic N) is 1. The van der Waals surface area contributed by atoms with Crippen LogP contribution in [0, 0.1) is 5.92 Å². The molecule has 1 heterocycles. The molecule has 152 valence electrons. The van der Waals surface area contributed by atoms with Crippen molar-refractivity contribution in [2.24, 2.45) is 5.92 Å². The number of carbonyl (C=O) groups excluding carboxylic acids is 1. The minimum absolute atomic E-state index is 0.0376. The minimum atomic E-state index is -3.47. The smallest absolute Gasteiger partial charge is 0.275 e. The monoisotopic (exact) mass is 396 g/mol. The number of piperazine rings is 1. The first-order chi connectivity index (χ1) is 12.7. The summed E-state index contributed by atoms with van der Waals surface area (Å²) in [6.07, 6.45) is 1.03. The molecule has 1 aliphatic heterocycles. The van der Waals surface area contributed by atoms with Crippen LogP contribution in [-0.4, -0.2) is 57.9 Å². The van der Waals surface area contributed by atoms with E-state index in [1.54, 1.807) is 16.4 Å². The summed E-state index contributed by atoms with van der Waals surface area (Å²) in [5.74, 6) is 0.893. The number of amides is 1.